The molecular weight excluding hydrogens is 347 g/mol. The molecule has 0 aliphatic rings. The van der Waals surface area contributed by atoms with Gasteiger partial charge in [-0.3, -0.25) is 20.4 Å². The van der Waals surface area contributed by atoms with Gasteiger partial charge in [-0.25, -0.2) is 4.39 Å². The van der Waals surface area contributed by atoms with E-state index in [1.54, 1.807) is 0 Å². The van der Waals surface area contributed by atoms with Gasteiger partial charge in [0.2, 0.25) is 5.91 Å². The summed E-state index contributed by atoms with van der Waals surface area (Å²) in [5.41, 5.74) is 7.04. The van der Waals surface area contributed by atoms with Crippen LogP contribution in [-0.4, -0.2) is 18.4 Å². The number of carbonyl (C=O) groups excluding carboxylic acids is 2. The monoisotopic (exact) mass is 372 g/mol. The quantitative estimate of drug-likeness (QED) is 0.765. The Morgan fingerprint density at radius 1 is 0.926 bits per heavy atom. The summed E-state index contributed by atoms with van der Waals surface area (Å²) in [5, 5.41) is 0. The van der Waals surface area contributed by atoms with Gasteiger partial charge in [-0.1, -0.05) is 45.0 Å². The van der Waals surface area contributed by atoms with Crippen LogP contribution in [0.1, 0.15) is 38.3 Å². The summed E-state index contributed by atoms with van der Waals surface area (Å²) in [6.45, 7) is 6.17. The molecule has 0 heterocycles. The summed E-state index contributed by atoms with van der Waals surface area (Å²) in [6, 6.07) is 13.5. The van der Waals surface area contributed by atoms with Crippen LogP contribution in [0.3, 0.4) is 0 Å². The molecule has 0 radical (unpaired) electrons. The molecule has 0 spiro atoms. The number of hydrazine groups is 1. The van der Waals surface area contributed by atoms with Crippen LogP contribution in [0.4, 0.5) is 4.39 Å². The molecule has 0 aromatic heterocycles. The first-order valence-electron chi connectivity index (χ1n) is 8.79. The Bertz CT molecular complexity index is 766. The minimum Gasteiger partial charge on any atom is -0.484 e. The predicted molar refractivity (Wildman–Crippen MR) is 102 cm³/mol. The first-order chi connectivity index (χ1) is 12.7. The molecular formula is C21H25FN2O3. The van der Waals surface area contributed by atoms with Crippen molar-refractivity contribution in [2.45, 2.75) is 39.0 Å². The molecule has 2 rings (SSSR count). The Hall–Kier alpha value is -2.89. The van der Waals surface area contributed by atoms with Gasteiger partial charge in [0.25, 0.3) is 5.91 Å². The maximum atomic E-state index is 12.8. The average molecular weight is 372 g/mol. The lowest BCUT2D eigenvalue weighted by Gasteiger charge is -2.19. The number of nitrogens with one attached hydrogen (secondary N) is 2. The SMILES string of the molecule is CC(C)(C)c1ccc(CCC(=O)NNC(=O)COc2ccc(F)cc2)cc1. The smallest absolute Gasteiger partial charge is 0.276 e. The zero-order valence-corrected chi connectivity index (χ0v) is 15.8. The van der Waals surface area contributed by atoms with E-state index in [1.807, 2.05) is 12.1 Å². The van der Waals surface area contributed by atoms with Crippen LogP contribution in [0.25, 0.3) is 0 Å². The highest BCUT2D eigenvalue weighted by Crippen LogP contribution is 2.22. The summed E-state index contributed by atoms with van der Waals surface area (Å²) in [4.78, 5) is 23.5. The molecule has 0 bridgehead atoms. The standard InChI is InChI=1S/C21H25FN2O3/c1-21(2,3)16-7-4-15(5-8-16)6-13-19(25)23-24-20(26)14-27-18-11-9-17(22)10-12-18/h4-5,7-12H,6,13-14H2,1-3H3,(H,23,25)(H,24,26). The Morgan fingerprint density at radius 2 is 1.52 bits per heavy atom. The predicted octanol–water partition coefficient (Wildman–Crippen LogP) is 3.28. The molecule has 0 saturated carbocycles. The second-order valence-corrected chi connectivity index (χ2v) is 7.29. The number of rotatable bonds is 6. The molecule has 6 heteroatoms. The normalized spacial score (nSPS) is 11.0. The van der Waals surface area contributed by atoms with Crippen molar-refractivity contribution < 1.29 is 18.7 Å². The molecule has 0 fully saturated rings. The summed E-state index contributed by atoms with van der Waals surface area (Å²) >= 11 is 0. The van der Waals surface area contributed by atoms with Gasteiger partial charge in [0.15, 0.2) is 6.61 Å². The third kappa shape index (κ3) is 7.09. The Morgan fingerprint density at radius 3 is 2.11 bits per heavy atom. The number of benzene rings is 2. The third-order valence-corrected chi connectivity index (χ3v) is 3.99. The van der Waals surface area contributed by atoms with Gasteiger partial charge in [-0.2, -0.15) is 0 Å². The number of hydrogen-bond donors (Lipinski definition) is 2. The molecule has 27 heavy (non-hydrogen) atoms. The van der Waals surface area contributed by atoms with E-state index in [9.17, 15) is 14.0 Å². The van der Waals surface area contributed by atoms with Crippen LogP contribution in [0, 0.1) is 5.82 Å². The van der Waals surface area contributed by atoms with Crippen LogP contribution in [0.2, 0.25) is 0 Å². The largest absolute Gasteiger partial charge is 0.484 e. The van der Waals surface area contributed by atoms with Gasteiger partial charge in [-0.15, -0.1) is 0 Å². The van der Waals surface area contributed by atoms with Gasteiger partial charge < -0.3 is 4.74 Å². The number of amides is 2. The molecule has 0 atom stereocenters. The summed E-state index contributed by atoms with van der Waals surface area (Å²) < 4.78 is 18.0. The minimum atomic E-state index is -0.498. The fraction of sp³-hybridized carbons (Fsp3) is 0.333. The second kappa shape index (κ2) is 9.16. The molecule has 2 aromatic carbocycles. The van der Waals surface area contributed by atoms with Crippen LogP contribution < -0.4 is 15.6 Å². The fourth-order valence-corrected chi connectivity index (χ4v) is 2.35. The van der Waals surface area contributed by atoms with Gasteiger partial charge in [0, 0.05) is 6.42 Å². The molecule has 2 aromatic rings. The van der Waals surface area contributed by atoms with Crippen LogP contribution in [-0.2, 0) is 21.4 Å². The van der Waals surface area contributed by atoms with Crippen molar-refractivity contribution in [3.63, 3.8) is 0 Å². The molecule has 0 aliphatic heterocycles. The van der Waals surface area contributed by atoms with E-state index in [0.29, 0.717) is 12.2 Å². The lowest BCUT2D eigenvalue weighted by atomic mass is 9.86. The Kier molecular flexibility index (Phi) is 6.93. The van der Waals surface area contributed by atoms with Crippen molar-refractivity contribution >= 4 is 11.8 Å². The molecule has 2 amide bonds. The zero-order chi connectivity index (χ0) is 19.9. The second-order valence-electron chi connectivity index (χ2n) is 7.29. The van der Waals surface area contributed by atoms with Crippen molar-refractivity contribution in [2.75, 3.05) is 6.61 Å². The van der Waals surface area contributed by atoms with Gasteiger partial charge >= 0.3 is 0 Å². The molecule has 0 unspecified atom stereocenters. The summed E-state index contributed by atoms with van der Waals surface area (Å²) in [7, 11) is 0. The lowest BCUT2D eigenvalue weighted by Crippen LogP contribution is -2.43. The van der Waals surface area contributed by atoms with Crippen molar-refractivity contribution in [2.24, 2.45) is 0 Å². The maximum absolute atomic E-state index is 12.8. The van der Waals surface area contributed by atoms with E-state index in [-0.39, 0.29) is 30.2 Å². The lowest BCUT2D eigenvalue weighted by molar-refractivity contribution is -0.130. The molecule has 0 aliphatic carbocycles. The highest BCUT2D eigenvalue weighted by atomic mass is 19.1. The topological polar surface area (TPSA) is 67.4 Å². The Balaban J connectivity index is 1.68. The molecule has 0 saturated heterocycles. The fourth-order valence-electron chi connectivity index (χ4n) is 2.35. The number of hydrogen-bond acceptors (Lipinski definition) is 3. The number of halogens is 1. The average Bonchev–Trinajstić information content (AvgIpc) is 2.64. The molecule has 144 valence electrons. The highest BCUT2D eigenvalue weighted by Gasteiger charge is 2.13. The molecule has 2 N–H and O–H groups in total. The van der Waals surface area contributed by atoms with Crippen molar-refractivity contribution in [3.8, 4) is 5.75 Å². The third-order valence-electron chi connectivity index (χ3n) is 3.99. The van der Waals surface area contributed by atoms with Crippen LogP contribution in [0.15, 0.2) is 48.5 Å². The van der Waals surface area contributed by atoms with E-state index in [2.05, 4.69) is 43.8 Å². The Labute approximate surface area is 158 Å². The van der Waals surface area contributed by atoms with Gasteiger partial charge in [0.05, 0.1) is 0 Å². The minimum absolute atomic E-state index is 0.0934. The van der Waals surface area contributed by atoms with Crippen LogP contribution >= 0.6 is 0 Å². The zero-order valence-electron chi connectivity index (χ0n) is 15.8. The van der Waals surface area contributed by atoms with E-state index < -0.39 is 5.91 Å². The highest BCUT2D eigenvalue weighted by molar-refractivity contribution is 5.82. The van der Waals surface area contributed by atoms with Crippen LogP contribution in [0.5, 0.6) is 5.75 Å². The summed E-state index contributed by atoms with van der Waals surface area (Å²) in [5.74, 6) is -0.795. The summed E-state index contributed by atoms with van der Waals surface area (Å²) in [6.07, 6.45) is 0.839. The van der Waals surface area contributed by atoms with E-state index in [4.69, 9.17) is 4.74 Å². The van der Waals surface area contributed by atoms with E-state index in [1.165, 1.54) is 29.8 Å². The number of ether oxygens (including phenoxy) is 1. The van der Waals surface area contributed by atoms with E-state index >= 15 is 0 Å². The number of carbonyl (C=O) groups is 2. The van der Waals surface area contributed by atoms with Crippen molar-refractivity contribution in [1.29, 1.82) is 0 Å². The van der Waals surface area contributed by atoms with Gasteiger partial charge in [-0.05, 0) is 47.2 Å². The maximum Gasteiger partial charge on any atom is 0.276 e. The van der Waals surface area contributed by atoms with E-state index in [0.717, 1.165) is 5.56 Å². The number of aryl methyl sites for hydroxylation is 1. The van der Waals surface area contributed by atoms with Crippen molar-refractivity contribution in [3.05, 3.63) is 65.5 Å². The first-order valence-corrected chi connectivity index (χ1v) is 8.79. The van der Waals surface area contributed by atoms with Crippen molar-refractivity contribution in [1.82, 2.24) is 10.9 Å². The molecule has 5 nitrogen and oxygen atoms in total. The van der Waals surface area contributed by atoms with Gasteiger partial charge in [0.1, 0.15) is 11.6 Å². The first kappa shape index (κ1) is 20.4.